The Morgan fingerprint density at radius 3 is 2.61 bits per heavy atom. The maximum Gasteiger partial charge on any atom is 0.410 e. The van der Waals surface area contributed by atoms with Crippen LogP contribution in [0.5, 0.6) is 11.5 Å². The molecule has 1 aromatic heterocycles. The molecule has 2 heterocycles. The summed E-state index contributed by atoms with van der Waals surface area (Å²) in [5.74, 6) is 0.921. The van der Waals surface area contributed by atoms with Crippen molar-refractivity contribution in [1.82, 2.24) is 4.90 Å². The van der Waals surface area contributed by atoms with Crippen molar-refractivity contribution in [3.05, 3.63) is 69.6 Å². The van der Waals surface area contributed by atoms with Crippen molar-refractivity contribution in [2.75, 3.05) is 32.7 Å². The highest BCUT2D eigenvalue weighted by Crippen LogP contribution is 2.40. The average Bonchev–Trinajstić information content (AvgIpc) is 3.26. The lowest BCUT2D eigenvalue weighted by molar-refractivity contribution is 0.102. The van der Waals surface area contributed by atoms with E-state index in [9.17, 15) is 9.59 Å². The first-order chi connectivity index (χ1) is 17.4. The van der Waals surface area contributed by atoms with Gasteiger partial charge in [0.2, 0.25) is 0 Å². The molecule has 1 aliphatic heterocycles. The van der Waals surface area contributed by atoms with Gasteiger partial charge in [0.1, 0.15) is 5.00 Å². The van der Waals surface area contributed by atoms with Crippen LogP contribution in [0.4, 0.5) is 15.5 Å². The van der Waals surface area contributed by atoms with Gasteiger partial charge >= 0.3 is 6.09 Å². The SMILES string of the molecule is CCOC(=O)N1CCc2c(sc(/N=C/c3cccc(OC)c3OC)c2C(=O)Nc2ccc(C)cc2)C1. The van der Waals surface area contributed by atoms with E-state index in [4.69, 9.17) is 19.2 Å². The molecule has 0 atom stereocenters. The molecule has 0 radical (unpaired) electrons. The van der Waals surface area contributed by atoms with Crippen LogP contribution < -0.4 is 14.8 Å². The Labute approximate surface area is 214 Å². The Bertz CT molecular complexity index is 1280. The van der Waals surface area contributed by atoms with E-state index in [2.05, 4.69) is 5.32 Å². The van der Waals surface area contributed by atoms with E-state index in [0.717, 1.165) is 21.6 Å². The van der Waals surface area contributed by atoms with Crippen molar-refractivity contribution in [3.8, 4) is 11.5 Å². The summed E-state index contributed by atoms with van der Waals surface area (Å²) in [6.45, 7) is 4.94. The fraction of sp³-hybridized carbons (Fsp3) is 0.296. The van der Waals surface area contributed by atoms with Gasteiger partial charge < -0.3 is 24.4 Å². The maximum atomic E-state index is 13.5. The van der Waals surface area contributed by atoms with Gasteiger partial charge in [0.25, 0.3) is 5.91 Å². The smallest absolute Gasteiger partial charge is 0.410 e. The van der Waals surface area contributed by atoms with Crippen molar-refractivity contribution in [2.45, 2.75) is 26.8 Å². The fourth-order valence-corrected chi connectivity index (χ4v) is 5.26. The minimum atomic E-state index is -0.353. The average molecular weight is 508 g/mol. The number of carbonyl (C=O) groups is 2. The number of nitrogens with one attached hydrogen (secondary N) is 1. The third-order valence-corrected chi connectivity index (χ3v) is 6.98. The lowest BCUT2D eigenvalue weighted by Crippen LogP contribution is -2.36. The number of fused-ring (bicyclic) bond motifs is 1. The van der Waals surface area contributed by atoms with Gasteiger partial charge in [0.15, 0.2) is 11.5 Å². The number of rotatable bonds is 7. The van der Waals surface area contributed by atoms with Gasteiger partial charge in [-0.3, -0.25) is 4.79 Å². The number of hydrogen-bond donors (Lipinski definition) is 1. The Balaban J connectivity index is 1.71. The summed E-state index contributed by atoms with van der Waals surface area (Å²) >= 11 is 1.40. The molecule has 0 fully saturated rings. The molecule has 2 amide bonds. The number of hydrogen-bond acceptors (Lipinski definition) is 7. The van der Waals surface area contributed by atoms with E-state index < -0.39 is 0 Å². The van der Waals surface area contributed by atoms with Gasteiger partial charge in [-0.15, -0.1) is 11.3 Å². The lowest BCUT2D eigenvalue weighted by Gasteiger charge is -2.26. The van der Waals surface area contributed by atoms with Crippen LogP contribution in [0.1, 0.15) is 38.8 Å². The second-order valence-electron chi connectivity index (χ2n) is 8.22. The quantitative estimate of drug-likeness (QED) is 0.421. The second kappa shape index (κ2) is 11.3. The van der Waals surface area contributed by atoms with Crippen LogP contribution in [-0.4, -0.2) is 50.5 Å². The first-order valence-electron chi connectivity index (χ1n) is 11.6. The van der Waals surface area contributed by atoms with E-state index in [1.54, 1.807) is 32.3 Å². The number of anilines is 1. The molecule has 1 aliphatic rings. The van der Waals surface area contributed by atoms with Crippen LogP contribution in [0.2, 0.25) is 0 Å². The normalized spacial score (nSPS) is 12.8. The first-order valence-corrected chi connectivity index (χ1v) is 12.5. The predicted octanol–water partition coefficient (Wildman–Crippen LogP) is 5.59. The predicted molar refractivity (Wildman–Crippen MR) is 141 cm³/mol. The Hall–Kier alpha value is -3.85. The number of amides is 2. The van der Waals surface area contributed by atoms with Crippen LogP contribution >= 0.6 is 11.3 Å². The van der Waals surface area contributed by atoms with Gasteiger partial charge in [0, 0.05) is 28.9 Å². The van der Waals surface area contributed by atoms with Crippen molar-refractivity contribution in [3.63, 3.8) is 0 Å². The molecule has 9 heteroatoms. The highest BCUT2D eigenvalue weighted by atomic mass is 32.1. The second-order valence-corrected chi connectivity index (χ2v) is 9.30. The van der Waals surface area contributed by atoms with E-state index in [0.29, 0.717) is 53.9 Å². The number of carbonyl (C=O) groups excluding carboxylic acids is 2. The van der Waals surface area contributed by atoms with Crippen LogP contribution in [0.15, 0.2) is 47.5 Å². The van der Waals surface area contributed by atoms with E-state index >= 15 is 0 Å². The largest absolute Gasteiger partial charge is 0.493 e. The fourth-order valence-electron chi connectivity index (χ4n) is 4.06. The van der Waals surface area contributed by atoms with Gasteiger partial charge in [-0.2, -0.15) is 0 Å². The summed E-state index contributed by atoms with van der Waals surface area (Å²) in [5, 5.41) is 3.57. The molecule has 0 saturated carbocycles. The van der Waals surface area contributed by atoms with Crippen LogP contribution in [-0.2, 0) is 17.7 Å². The number of nitrogens with zero attached hydrogens (tertiary/aromatic N) is 2. The zero-order valence-electron chi connectivity index (χ0n) is 20.8. The zero-order chi connectivity index (χ0) is 25.7. The van der Waals surface area contributed by atoms with Crippen LogP contribution in [0.25, 0.3) is 0 Å². The third-order valence-electron chi connectivity index (χ3n) is 5.86. The van der Waals surface area contributed by atoms with E-state index in [1.165, 1.54) is 11.3 Å². The number of aryl methyl sites for hydroxylation is 1. The molecule has 8 nitrogen and oxygen atoms in total. The van der Waals surface area contributed by atoms with E-state index in [1.807, 2.05) is 49.4 Å². The summed E-state index contributed by atoms with van der Waals surface area (Å²) < 4.78 is 16.1. The van der Waals surface area contributed by atoms with Crippen LogP contribution in [0, 0.1) is 6.92 Å². The molecule has 4 rings (SSSR count). The minimum Gasteiger partial charge on any atom is -0.493 e. The zero-order valence-corrected chi connectivity index (χ0v) is 21.6. The summed E-state index contributed by atoms with van der Waals surface area (Å²) in [7, 11) is 3.15. The van der Waals surface area contributed by atoms with Crippen LogP contribution in [0.3, 0.4) is 0 Å². The number of thiophene rings is 1. The molecule has 0 unspecified atom stereocenters. The number of aliphatic imine (C=N–C) groups is 1. The topological polar surface area (TPSA) is 89.5 Å². The van der Waals surface area contributed by atoms with Gasteiger partial charge in [-0.1, -0.05) is 23.8 Å². The molecule has 2 aromatic carbocycles. The number of ether oxygens (including phenoxy) is 3. The maximum absolute atomic E-state index is 13.5. The van der Waals surface area contributed by atoms with Gasteiger partial charge in [-0.25, -0.2) is 9.79 Å². The molecule has 0 bridgehead atoms. The molecule has 0 spiro atoms. The monoisotopic (exact) mass is 507 g/mol. The summed E-state index contributed by atoms with van der Waals surface area (Å²) in [6.07, 6.45) is 1.86. The molecule has 188 valence electrons. The Morgan fingerprint density at radius 1 is 1.14 bits per heavy atom. The first kappa shape index (κ1) is 25.2. The number of para-hydroxylation sites is 1. The van der Waals surface area contributed by atoms with Crippen molar-refractivity contribution < 1.29 is 23.8 Å². The summed E-state index contributed by atoms with van der Waals surface area (Å²) in [4.78, 5) is 33.1. The van der Waals surface area contributed by atoms with Crippen molar-refractivity contribution in [1.29, 1.82) is 0 Å². The highest BCUT2D eigenvalue weighted by Gasteiger charge is 2.30. The van der Waals surface area contributed by atoms with Crippen molar-refractivity contribution in [2.24, 2.45) is 4.99 Å². The number of benzene rings is 2. The molecule has 1 N–H and O–H groups in total. The van der Waals surface area contributed by atoms with Gasteiger partial charge in [-0.05, 0) is 50.1 Å². The van der Waals surface area contributed by atoms with Crippen molar-refractivity contribution >= 4 is 40.2 Å². The molecule has 3 aromatic rings. The Morgan fingerprint density at radius 2 is 1.92 bits per heavy atom. The molecular weight excluding hydrogens is 478 g/mol. The van der Waals surface area contributed by atoms with E-state index in [-0.39, 0.29) is 12.0 Å². The number of methoxy groups -OCH3 is 2. The lowest BCUT2D eigenvalue weighted by atomic mass is 10.0. The standard InChI is InChI=1S/C27H29N3O5S/c1-5-35-27(32)30-14-13-20-22(16-30)36-26(23(20)25(31)29-19-11-9-17(2)10-12-19)28-15-18-7-6-8-21(33-3)24(18)34-4/h6-12,15H,5,13-14,16H2,1-4H3,(H,29,31)/b28-15+. The summed E-state index contributed by atoms with van der Waals surface area (Å²) in [5.41, 5.74) is 3.98. The molecule has 36 heavy (non-hydrogen) atoms. The summed E-state index contributed by atoms with van der Waals surface area (Å²) in [6, 6.07) is 13.2. The molecule has 0 aliphatic carbocycles. The van der Waals surface area contributed by atoms with Gasteiger partial charge in [0.05, 0.1) is 32.9 Å². The molecule has 0 saturated heterocycles. The minimum absolute atomic E-state index is 0.231. The Kier molecular flexibility index (Phi) is 7.90. The highest BCUT2D eigenvalue weighted by molar-refractivity contribution is 7.16. The molecular formula is C27H29N3O5S. The third kappa shape index (κ3) is 5.36.